The zero-order valence-corrected chi connectivity index (χ0v) is 39.3. The topological polar surface area (TPSA) is 117 Å². The van der Waals surface area contributed by atoms with Gasteiger partial charge in [-0.05, 0) is 83.1 Å². The van der Waals surface area contributed by atoms with Crippen LogP contribution in [0.3, 0.4) is 0 Å². The maximum Gasteiger partial charge on any atom is 0.502 e. The molecule has 0 aliphatic rings. The van der Waals surface area contributed by atoms with Gasteiger partial charge >= 0.3 is 35.2 Å². The maximum absolute atomic E-state index is 6.26. The Morgan fingerprint density at radius 3 is 0.481 bits per heavy atom. The summed E-state index contributed by atoms with van der Waals surface area (Å²) in [6.45, 7) is 34.7. The van der Waals surface area contributed by atoms with Gasteiger partial charge in [-0.15, -0.1) is 0 Å². The predicted molar refractivity (Wildman–Crippen MR) is 215 cm³/mol. The molecule has 0 amide bonds. The molecule has 0 saturated carbocycles. The van der Waals surface area contributed by atoms with Gasteiger partial charge in [-0.25, -0.2) is 0 Å². The van der Waals surface area contributed by atoms with Crippen molar-refractivity contribution in [2.75, 3.05) is 119 Å². The van der Waals surface area contributed by atoms with Crippen molar-refractivity contribution in [1.82, 2.24) is 9.80 Å². The van der Waals surface area contributed by atoms with Crippen molar-refractivity contribution in [2.45, 2.75) is 107 Å². The van der Waals surface area contributed by atoms with E-state index >= 15 is 0 Å². The molecule has 0 aliphatic heterocycles. The van der Waals surface area contributed by atoms with Gasteiger partial charge in [0.1, 0.15) is 0 Å². The molecule has 0 radical (unpaired) electrons. The van der Waals surface area contributed by atoms with Crippen LogP contribution in [-0.2, 0) is 53.1 Å². The molecule has 0 aromatic heterocycles. The Bertz CT molecular complexity index is 638. The van der Waals surface area contributed by atoms with Gasteiger partial charge in [0.2, 0.25) is 0 Å². The highest BCUT2D eigenvalue weighted by molar-refractivity contribution is 6.62. The highest BCUT2D eigenvalue weighted by Crippen LogP contribution is 2.23. The van der Waals surface area contributed by atoms with Crippen molar-refractivity contribution < 1.29 is 53.1 Å². The largest absolute Gasteiger partial charge is 0.502 e. The molecule has 0 heterocycles. The third kappa shape index (κ3) is 20.5. The summed E-state index contributed by atoms with van der Waals surface area (Å²) < 4.78 is 75.1. The minimum absolute atomic E-state index is 0.533. The van der Waals surface area contributed by atoms with E-state index in [0.29, 0.717) is 103 Å². The minimum Gasteiger partial charge on any atom is -0.374 e. The van der Waals surface area contributed by atoms with E-state index in [2.05, 4.69) is 9.80 Å². The van der Waals surface area contributed by atoms with Crippen LogP contribution in [0.1, 0.15) is 83.1 Å². The first-order chi connectivity index (χ1) is 25.1. The van der Waals surface area contributed by atoms with E-state index in [1.54, 1.807) is 0 Å². The second-order valence-corrected chi connectivity index (χ2v) is 22.5. The summed E-state index contributed by atoms with van der Waals surface area (Å²) in [5.74, 6) is 0. The van der Waals surface area contributed by atoms with Crippen LogP contribution in [0.25, 0.3) is 0 Å². The number of hydrogen-bond donors (Lipinski definition) is 0. The highest BCUT2D eigenvalue weighted by atomic mass is 28.4. The standard InChI is InChI=1S/C34H80N2O12Si4/c1-13-37-49(38-14-2,39-15-3)31-27-35(28-32-50(40-16-4,41-17-5)42-18-6)25-26-36(29-33-51(43-19-7,44-20-8)45-21-9)30-34-52(46-22-10,47-23-11)48-24-12/h13-34H2,1-12H3. The average molecular weight is 821 g/mol. The lowest BCUT2D eigenvalue weighted by Crippen LogP contribution is -2.52. The summed E-state index contributed by atoms with van der Waals surface area (Å²) in [6, 6.07) is 2.66. The van der Waals surface area contributed by atoms with E-state index in [0.717, 1.165) is 39.3 Å². The molecule has 0 bridgehead atoms. The maximum atomic E-state index is 6.26. The molecule has 0 fully saturated rings. The summed E-state index contributed by atoms with van der Waals surface area (Å²) in [6.07, 6.45) is 0. The lowest BCUT2D eigenvalue weighted by Gasteiger charge is -2.36. The third-order valence-electron chi connectivity index (χ3n) is 8.04. The van der Waals surface area contributed by atoms with E-state index in [9.17, 15) is 0 Å². The lowest BCUT2D eigenvalue weighted by molar-refractivity contribution is 0.0589. The Morgan fingerprint density at radius 1 is 0.231 bits per heavy atom. The summed E-state index contributed by atoms with van der Waals surface area (Å²) in [4.78, 5) is 4.89. The summed E-state index contributed by atoms with van der Waals surface area (Å²) in [7, 11) is -11.6. The monoisotopic (exact) mass is 820 g/mol. The number of hydrogen-bond acceptors (Lipinski definition) is 14. The molecule has 18 heteroatoms. The van der Waals surface area contributed by atoms with Crippen LogP contribution in [0.2, 0.25) is 24.2 Å². The lowest BCUT2D eigenvalue weighted by atomic mass is 10.4. The van der Waals surface area contributed by atoms with Crippen LogP contribution in [-0.4, -0.2) is 164 Å². The van der Waals surface area contributed by atoms with Crippen LogP contribution in [0.4, 0.5) is 0 Å². The fraction of sp³-hybridized carbons (Fsp3) is 1.00. The summed E-state index contributed by atoms with van der Waals surface area (Å²) in [5.41, 5.74) is 0. The first kappa shape index (κ1) is 52.3. The van der Waals surface area contributed by atoms with Crippen molar-refractivity contribution in [3.63, 3.8) is 0 Å². The second kappa shape index (κ2) is 31.4. The quantitative estimate of drug-likeness (QED) is 0.0698. The molecule has 0 atom stereocenters. The van der Waals surface area contributed by atoms with Gasteiger partial charge in [0.15, 0.2) is 0 Å². The van der Waals surface area contributed by atoms with Crippen molar-refractivity contribution in [3.8, 4) is 0 Å². The molecule has 0 saturated heterocycles. The van der Waals surface area contributed by atoms with Crippen molar-refractivity contribution in [3.05, 3.63) is 0 Å². The van der Waals surface area contributed by atoms with Gasteiger partial charge in [0, 0.05) is 143 Å². The Morgan fingerprint density at radius 2 is 0.365 bits per heavy atom. The molecule has 0 aromatic carbocycles. The van der Waals surface area contributed by atoms with E-state index in [4.69, 9.17) is 53.1 Å². The zero-order valence-electron chi connectivity index (χ0n) is 35.3. The second-order valence-electron chi connectivity index (χ2n) is 11.6. The molecule has 314 valence electrons. The smallest absolute Gasteiger partial charge is 0.374 e. The molecule has 0 N–H and O–H groups in total. The Hall–Kier alpha value is 0.308. The molecule has 0 unspecified atom stereocenters. The summed E-state index contributed by atoms with van der Waals surface area (Å²) >= 11 is 0. The Kier molecular flexibility index (Phi) is 31.6. The molecule has 0 spiro atoms. The van der Waals surface area contributed by atoms with Crippen LogP contribution in [0.5, 0.6) is 0 Å². The van der Waals surface area contributed by atoms with Crippen molar-refractivity contribution in [2.24, 2.45) is 0 Å². The van der Waals surface area contributed by atoms with Gasteiger partial charge in [0.25, 0.3) is 0 Å². The minimum atomic E-state index is -2.90. The normalized spacial score (nSPS) is 13.3. The van der Waals surface area contributed by atoms with Gasteiger partial charge in [-0.1, -0.05) is 0 Å². The van der Waals surface area contributed by atoms with Crippen molar-refractivity contribution in [1.29, 1.82) is 0 Å². The van der Waals surface area contributed by atoms with Crippen LogP contribution in [0.15, 0.2) is 0 Å². The SMILES string of the molecule is CCO[Si](CCN(CCN(CC[Si](OCC)(OCC)OCC)CC[Si](OCC)(OCC)OCC)CC[Si](OCC)(OCC)OCC)(OCC)OCC. The van der Waals surface area contributed by atoms with Crippen LogP contribution in [0, 0.1) is 0 Å². The number of nitrogens with zero attached hydrogens (tertiary/aromatic N) is 2. The van der Waals surface area contributed by atoms with Gasteiger partial charge in [-0.2, -0.15) is 0 Å². The van der Waals surface area contributed by atoms with E-state index in [1.165, 1.54) is 0 Å². The van der Waals surface area contributed by atoms with E-state index in [1.807, 2.05) is 83.1 Å². The molecule has 0 aromatic rings. The highest BCUT2D eigenvalue weighted by Gasteiger charge is 2.45. The third-order valence-corrected chi connectivity index (χ3v) is 20.1. The molecule has 0 aliphatic carbocycles. The molecular formula is C34H80N2O12Si4. The average Bonchev–Trinajstić information content (AvgIpc) is 3.10. The Labute approximate surface area is 323 Å². The summed E-state index contributed by atoms with van der Waals surface area (Å²) in [5, 5.41) is 0. The zero-order chi connectivity index (χ0) is 39.2. The van der Waals surface area contributed by atoms with Crippen LogP contribution < -0.4 is 0 Å². The first-order valence-electron chi connectivity index (χ1n) is 20.2. The molecule has 14 nitrogen and oxygen atoms in total. The van der Waals surface area contributed by atoms with Crippen LogP contribution >= 0.6 is 0 Å². The molecule has 52 heavy (non-hydrogen) atoms. The molecular weight excluding hydrogens is 741 g/mol. The van der Waals surface area contributed by atoms with Gasteiger partial charge in [0.05, 0.1) is 0 Å². The van der Waals surface area contributed by atoms with E-state index < -0.39 is 35.2 Å². The van der Waals surface area contributed by atoms with E-state index in [-0.39, 0.29) is 0 Å². The number of rotatable bonds is 39. The van der Waals surface area contributed by atoms with Gasteiger partial charge < -0.3 is 62.9 Å². The fourth-order valence-corrected chi connectivity index (χ4v) is 16.5. The Balaban J connectivity index is 6.62. The molecule has 0 rings (SSSR count). The van der Waals surface area contributed by atoms with Gasteiger partial charge in [-0.3, -0.25) is 0 Å². The first-order valence-corrected chi connectivity index (χ1v) is 27.9. The van der Waals surface area contributed by atoms with Crippen molar-refractivity contribution >= 4 is 35.2 Å². The predicted octanol–water partition coefficient (Wildman–Crippen LogP) is 5.78. The fourth-order valence-electron chi connectivity index (χ4n) is 6.14.